The number of carbonyl (C=O) groups is 3. The fourth-order valence-corrected chi connectivity index (χ4v) is 4.51. The van der Waals surface area contributed by atoms with Crippen molar-refractivity contribution in [2.45, 2.75) is 6.92 Å². The summed E-state index contributed by atoms with van der Waals surface area (Å²) in [5, 5.41) is 13.7. The van der Waals surface area contributed by atoms with Crippen LogP contribution >= 0.6 is 23.4 Å². The molecule has 1 aromatic heterocycles. The topological polar surface area (TPSA) is 132 Å². The molecule has 1 N–H and O–H groups in total. The fourth-order valence-electron chi connectivity index (χ4n) is 3.43. The van der Waals surface area contributed by atoms with E-state index in [1.54, 1.807) is 37.3 Å². The molecule has 2 aromatic carbocycles. The fraction of sp³-hybridized carbons (Fsp3) is 0.125. The number of nitro benzene ring substituents is 1. The molecule has 2 heterocycles. The number of ether oxygens (including phenoxy) is 1. The van der Waals surface area contributed by atoms with Gasteiger partial charge in [0.1, 0.15) is 23.8 Å². The number of anilines is 1. The predicted molar refractivity (Wildman–Crippen MR) is 135 cm³/mol. The van der Waals surface area contributed by atoms with Crippen LogP contribution in [0.5, 0.6) is 5.75 Å². The molecule has 0 aliphatic carbocycles. The van der Waals surface area contributed by atoms with Gasteiger partial charge in [-0.25, -0.2) is 0 Å². The second-order valence-corrected chi connectivity index (χ2v) is 9.05. The molecule has 1 aliphatic rings. The number of amides is 3. The molecule has 0 radical (unpaired) electrons. The number of hydrogen-bond donors (Lipinski definition) is 1. The third kappa shape index (κ3) is 5.26. The number of furan rings is 1. The van der Waals surface area contributed by atoms with Crippen LogP contribution in [0.15, 0.2) is 57.9 Å². The maximum atomic E-state index is 12.8. The Kier molecular flexibility index (Phi) is 7.13. The second kappa shape index (κ2) is 10.3. The minimum atomic E-state index is -0.660. The van der Waals surface area contributed by atoms with Crippen molar-refractivity contribution >= 4 is 57.9 Å². The summed E-state index contributed by atoms with van der Waals surface area (Å²) in [7, 11) is 1.46. The number of aryl methyl sites for hydroxylation is 1. The lowest BCUT2D eigenvalue weighted by Crippen LogP contribution is -2.36. The van der Waals surface area contributed by atoms with E-state index < -0.39 is 28.5 Å². The SMILES string of the molecule is COc1ccc(NC(=O)CN2C(=O)S/C(=C/c3ccc(-c4ccc(C)cc4[N+](=O)[O-])o3)C2=O)cc1Cl. The number of halogens is 1. The monoisotopic (exact) mass is 527 g/mol. The number of rotatable bonds is 7. The van der Waals surface area contributed by atoms with E-state index >= 15 is 0 Å². The van der Waals surface area contributed by atoms with E-state index in [-0.39, 0.29) is 32.7 Å². The van der Waals surface area contributed by atoms with E-state index in [2.05, 4.69) is 5.32 Å². The Balaban J connectivity index is 1.47. The molecule has 10 nitrogen and oxygen atoms in total. The Morgan fingerprint density at radius 1 is 1.22 bits per heavy atom. The Morgan fingerprint density at radius 2 is 2.00 bits per heavy atom. The highest BCUT2D eigenvalue weighted by molar-refractivity contribution is 8.18. The molecular formula is C24H18ClN3O7S. The molecule has 0 bridgehead atoms. The van der Waals surface area contributed by atoms with Gasteiger partial charge in [0.15, 0.2) is 0 Å². The van der Waals surface area contributed by atoms with Crippen LogP contribution in [0.2, 0.25) is 5.02 Å². The zero-order valence-corrected chi connectivity index (χ0v) is 20.5. The number of benzene rings is 2. The van der Waals surface area contributed by atoms with Gasteiger partial charge in [-0.1, -0.05) is 17.7 Å². The van der Waals surface area contributed by atoms with Crippen LogP contribution in [0, 0.1) is 17.0 Å². The quantitative estimate of drug-likeness (QED) is 0.242. The lowest BCUT2D eigenvalue weighted by molar-refractivity contribution is -0.384. The smallest absolute Gasteiger partial charge is 0.294 e. The van der Waals surface area contributed by atoms with Gasteiger partial charge in [-0.05, 0) is 60.6 Å². The van der Waals surface area contributed by atoms with Gasteiger partial charge in [0, 0.05) is 17.8 Å². The first-order valence-electron chi connectivity index (χ1n) is 10.4. The highest BCUT2D eigenvalue weighted by Crippen LogP contribution is 2.35. The van der Waals surface area contributed by atoms with Crippen molar-refractivity contribution in [2.75, 3.05) is 19.0 Å². The molecule has 0 unspecified atom stereocenters. The first kappa shape index (κ1) is 25.0. The van der Waals surface area contributed by atoms with Gasteiger partial charge in [0.2, 0.25) is 5.91 Å². The van der Waals surface area contributed by atoms with Crippen molar-refractivity contribution in [2.24, 2.45) is 0 Å². The summed E-state index contributed by atoms with van der Waals surface area (Å²) in [6, 6.07) is 12.5. The lowest BCUT2D eigenvalue weighted by Gasteiger charge is -2.13. The average molecular weight is 528 g/mol. The number of carbonyl (C=O) groups excluding carboxylic acids is 3. The van der Waals surface area contributed by atoms with Gasteiger partial charge in [-0.15, -0.1) is 0 Å². The van der Waals surface area contributed by atoms with Crippen molar-refractivity contribution in [3.63, 3.8) is 0 Å². The third-order valence-electron chi connectivity index (χ3n) is 5.13. The first-order chi connectivity index (χ1) is 17.2. The van der Waals surface area contributed by atoms with Crippen LogP contribution < -0.4 is 10.1 Å². The summed E-state index contributed by atoms with van der Waals surface area (Å²) < 4.78 is 10.8. The highest BCUT2D eigenvalue weighted by Gasteiger charge is 2.36. The number of thioether (sulfide) groups is 1. The van der Waals surface area contributed by atoms with Crippen LogP contribution in [0.25, 0.3) is 17.4 Å². The molecule has 0 saturated carbocycles. The standard InChI is InChI=1S/C24H18ClN3O7S/c1-13-3-6-16(18(9-13)28(32)33)19-8-5-15(35-19)11-21-23(30)27(24(31)36-21)12-22(29)26-14-4-7-20(34-2)17(25)10-14/h3-11H,12H2,1-2H3,(H,26,29)/b21-11+. The zero-order valence-electron chi connectivity index (χ0n) is 18.9. The van der Waals surface area contributed by atoms with Gasteiger partial charge in [0.05, 0.1) is 27.5 Å². The highest BCUT2D eigenvalue weighted by atomic mass is 35.5. The van der Waals surface area contributed by atoms with Crippen molar-refractivity contribution in [3.8, 4) is 17.1 Å². The number of methoxy groups -OCH3 is 1. The van der Waals surface area contributed by atoms with Crippen molar-refractivity contribution in [1.29, 1.82) is 0 Å². The Morgan fingerprint density at radius 3 is 2.69 bits per heavy atom. The number of nitrogens with zero attached hydrogens (tertiary/aromatic N) is 2. The van der Waals surface area contributed by atoms with Gasteiger partial charge in [-0.2, -0.15) is 0 Å². The number of nitro groups is 1. The normalized spacial score (nSPS) is 14.4. The molecule has 1 saturated heterocycles. The molecule has 1 fully saturated rings. The van der Waals surface area contributed by atoms with E-state index in [4.69, 9.17) is 20.8 Å². The summed E-state index contributed by atoms with van der Waals surface area (Å²) in [5.74, 6) is -0.352. The van der Waals surface area contributed by atoms with Crippen LogP contribution in [-0.4, -0.2) is 40.5 Å². The van der Waals surface area contributed by atoms with Crippen LogP contribution in [-0.2, 0) is 9.59 Å². The van der Waals surface area contributed by atoms with E-state index in [0.29, 0.717) is 23.2 Å². The van der Waals surface area contributed by atoms with E-state index in [9.17, 15) is 24.5 Å². The summed E-state index contributed by atoms with van der Waals surface area (Å²) in [4.78, 5) is 49.4. The first-order valence-corrected chi connectivity index (χ1v) is 11.6. The van der Waals surface area contributed by atoms with E-state index in [1.165, 1.54) is 31.4 Å². The maximum absolute atomic E-state index is 12.8. The molecule has 0 spiro atoms. The molecule has 12 heteroatoms. The molecule has 36 heavy (non-hydrogen) atoms. The summed E-state index contributed by atoms with van der Waals surface area (Å²) in [5.41, 5.74) is 1.28. The average Bonchev–Trinajstić information content (AvgIpc) is 3.39. The third-order valence-corrected chi connectivity index (χ3v) is 6.33. The van der Waals surface area contributed by atoms with Crippen LogP contribution in [0.4, 0.5) is 16.2 Å². The van der Waals surface area contributed by atoms with Gasteiger partial charge in [0.25, 0.3) is 16.8 Å². The number of imide groups is 1. The Bertz CT molecular complexity index is 1430. The Hall–Kier alpha value is -4.09. The zero-order chi connectivity index (χ0) is 26.0. The summed E-state index contributed by atoms with van der Waals surface area (Å²) in [6.07, 6.45) is 1.36. The van der Waals surface area contributed by atoms with Crippen LogP contribution in [0.3, 0.4) is 0 Å². The Labute approximate surface area is 214 Å². The van der Waals surface area contributed by atoms with Crippen molar-refractivity contribution in [3.05, 3.63) is 79.9 Å². The minimum absolute atomic E-state index is 0.0552. The van der Waals surface area contributed by atoms with E-state index in [1.807, 2.05) is 0 Å². The number of hydrogen-bond acceptors (Lipinski definition) is 8. The largest absolute Gasteiger partial charge is 0.495 e. The van der Waals surface area contributed by atoms with Gasteiger partial charge in [-0.3, -0.25) is 29.4 Å². The molecule has 0 atom stereocenters. The van der Waals surface area contributed by atoms with Crippen molar-refractivity contribution < 1.29 is 28.5 Å². The lowest BCUT2D eigenvalue weighted by atomic mass is 10.1. The van der Waals surface area contributed by atoms with Crippen LogP contribution in [0.1, 0.15) is 11.3 Å². The molecule has 184 valence electrons. The molecule has 4 rings (SSSR count). The molecular weight excluding hydrogens is 510 g/mol. The summed E-state index contributed by atoms with van der Waals surface area (Å²) in [6.45, 7) is 1.25. The minimum Gasteiger partial charge on any atom is -0.495 e. The second-order valence-electron chi connectivity index (χ2n) is 7.65. The molecule has 3 aromatic rings. The molecule has 3 amide bonds. The maximum Gasteiger partial charge on any atom is 0.294 e. The summed E-state index contributed by atoms with van der Waals surface area (Å²) >= 11 is 6.71. The van der Waals surface area contributed by atoms with E-state index in [0.717, 1.165) is 10.5 Å². The van der Waals surface area contributed by atoms with Gasteiger partial charge >= 0.3 is 0 Å². The molecule has 1 aliphatic heterocycles. The number of nitrogens with one attached hydrogen (secondary N) is 1. The predicted octanol–water partition coefficient (Wildman–Crippen LogP) is 5.50. The van der Waals surface area contributed by atoms with Crippen molar-refractivity contribution in [1.82, 2.24) is 4.90 Å². The van der Waals surface area contributed by atoms with Gasteiger partial charge < -0.3 is 14.5 Å².